The van der Waals surface area contributed by atoms with Gasteiger partial charge in [0, 0.05) is 30.3 Å². The zero-order valence-corrected chi connectivity index (χ0v) is 16.8. The van der Waals surface area contributed by atoms with Crippen molar-refractivity contribution >= 4 is 23.3 Å². The van der Waals surface area contributed by atoms with Crippen LogP contribution in [0, 0.1) is 0 Å². The van der Waals surface area contributed by atoms with E-state index in [4.69, 9.17) is 21.6 Å². The number of carbonyl (C=O) groups excluding carboxylic acids is 1. The van der Waals surface area contributed by atoms with Crippen molar-refractivity contribution in [3.8, 4) is 22.5 Å². The lowest BCUT2D eigenvalue weighted by Crippen LogP contribution is -2.45. The standard InChI is InChI=1S/C23H23ClN4O/c24-15-21(29)26-19-11-13-28(14-12-19)20-16-25-22(17-7-3-1-4-8-17)23(27-20)18-9-5-2-6-10-18/h1-10,16,19H,11-15H2,(H,26,29). The van der Waals surface area contributed by atoms with Crippen LogP contribution in [0.1, 0.15) is 12.8 Å². The maximum atomic E-state index is 11.5. The Kier molecular flexibility index (Phi) is 6.06. The summed E-state index contributed by atoms with van der Waals surface area (Å²) in [5.74, 6) is 0.765. The Hall–Kier alpha value is -2.92. The average Bonchev–Trinajstić information content (AvgIpc) is 2.80. The van der Waals surface area contributed by atoms with Crippen LogP contribution in [-0.2, 0) is 4.79 Å². The first kappa shape index (κ1) is 19.4. The van der Waals surface area contributed by atoms with Gasteiger partial charge in [-0.15, -0.1) is 11.6 Å². The van der Waals surface area contributed by atoms with Crippen LogP contribution < -0.4 is 10.2 Å². The van der Waals surface area contributed by atoms with E-state index in [-0.39, 0.29) is 17.8 Å². The molecule has 4 rings (SSSR count). The molecular weight excluding hydrogens is 384 g/mol. The fourth-order valence-corrected chi connectivity index (χ4v) is 3.73. The van der Waals surface area contributed by atoms with Crippen molar-refractivity contribution in [3.05, 3.63) is 66.9 Å². The summed E-state index contributed by atoms with van der Waals surface area (Å²) in [6.07, 6.45) is 3.59. The summed E-state index contributed by atoms with van der Waals surface area (Å²) < 4.78 is 0. The molecule has 0 atom stereocenters. The Labute approximate surface area is 175 Å². The largest absolute Gasteiger partial charge is 0.355 e. The fourth-order valence-electron chi connectivity index (χ4n) is 3.66. The number of nitrogens with zero attached hydrogens (tertiary/aromatic N) is 3. The number of carbonyl (C=O) groups is 1. The normalized spacial score (nSPS) is 14.6. The topological polar surface area (TPSA) is 58.1 Å². The molecule has 5 nitrogen and oxygen atoms in total. The van der Waals surface area contributed by atoms with Gasteiger partial charge in [-0.1, -0.05) is 60.7 Å². The molecule has 0 spiro atoms. The summed E-state index contributed by atoms with van der Waals surface area (Å²) in [6.45, 7) is 1.64. The van der Waals surface area contributed by atoms with Gasteiger partial charge in [0.1, 0.15) is 11.7 Å². The lowest BCUT2D eigenvalue weighted by Gasteiger charge is -2.33. The van der Waals surface area contributed by atoms with Crippen LogP contribution in [0.4, 0.5) is 5.82 Å². The Balaban J connectivity index is 1.61. The summed E-state index contributed by atoms with van der Waals surface area (Å²) in [5, 5.41) is 2.97. The third-order valence-corrected chi connectivity index (χ3v) is 5.40. The van der Waals surface area contributed by atoms with Gasteiger partial charge < -0.3 is 10.2 Å². The third kappa shape index (κ3) is 4.57. The quantitative estimate of drug-likeness (QED) is 0.647. The average molecular weight is 407 g/mol. The smallest absolute Gasteiger partial charge is 0.235 e. The van der Waals surface area contributed by atoms with E-state index in [0.29, 0.717) is 0 Å². The zero-order valence-electron chi connectivity index (χ0n) is 16.1. The Morgan fingerprint density at radius 3 is 2.14 bits per heavy atom. The number of piperidine rings is 1. The van der Waals surface area contributed by atoms with E-state index in [0.717, 1.165) is 54.3 Å². The highest BCUT2D eigenvalue weighted by Crippen LogP contribution is 2.31. The van der Waals surface area contributed by atoms with Gasteiger partial charge in [0.25, 0.3) is 0 Å². The molecule has 1 aliphatic heterocycles. The molecular formula is C23H23ClN4O. The maximum Gasteiger partial charge on any atom is 0.235 e. The minimum absolute atomic E-state index is 0.00702. The van der Waals surface area contributed by atoms with E-state index in [1.165, 1.54) is 0 Å². The Bertz CT molecular complexity index is 957. The predicted octanol–water partition coefficient (Wildman–Crippen LogP) is 4.13. The highest BCUT2D eigenvalue weighted by Gasteiger charge is 2.22. The summed E-state index contributed by atoms with van der Waals surface area (Å²) >= 11 is 5.60. The van der Waals surface area contributed by atoms with Gasteiger partial charge in [-0.3, -0.25) is 9.78 Å². The van der Waals surface area contributed by atoms with Crippen molar-refractivity contribution in [1.82, 2.24) is 15.3 Å². The number of nitrogens with one attached hydrogen (secondary N) is 1. The highest BCUT2D eigenvalue weighted by molar-refractivity contribution is 6.27. The number of alkyl halides is 1. The van der Waals surface area contributed by atoms with Crippen LogP contribution in [0.3, 0.4) is 0 Å². The predicted molar refractivity (Wildman–Crippen MR) is 117 cm³/mol. The van der Waals surface area contributed by atoms with E-state index in [1.54, 1.807) is 0 Å². The summed E-state index contributed by atoms with van der Waals surface area (Å²) in [7, 11) is 0. The van der Waals surface area contributed by atoms with E-state index in [9.17, 15) is 4.79 Å². The minimum Gasteiger partial charge on any atom is -0.355 e. The molecule has 1 N–H and O–H groups in total. The van der Waals surface area contributed by atoms with Gasteiger partial charge >= 0.3 is 0 Å². The number of anilines is 1. The second-order valence-electron chi connectivity index (χ2n) is 7.12. The molecule has 1 saturated heterocycles. The molecule has 29 heavy (non-hydrogen) atoms. The van der Waals surface area contributed by atoms with Crippen LogP contribution >= 0.6 is 11.6 Å². The van der Waals surface area contributed by atoms with Crippen LogP contribution in [0.15, 0.2) is 66.9 Å². The number of hydrogen-bond donors (Lipinski definition) is 1. The van der Waals surface area contributed by atoms with Crippen LogP contribution in [0.5, 0.6) is 0 Å². The van der Waals surface area contributed by atoms with Gasteiger partial charge in [-0.25, -0.2) is 4.98 Å². The lowest BCUT2D eigenvalue weighted by atomic mass is 10.0. The second-order valence-corrected chi connectivity index (χ2v) is 7.39. The van der Waals surface area contributed by atoms with Crippen LogP contribution in [0.2, 0.25) is 0 Å². The van der Waals surface area contributed by atoms with E-state index < -0.39 is 0 Å². The van der Waals surface area contributed by atoms with E-state index in [2.05, 4.69) is 34.5 Å². The molecule has 0 bridgehead atoms. The molecule has 2 aromatic carbocycles. The minimum atomic E-state index is -0.108. The summed E-state index contributed by atoms with van der Waals surface area (Å²) in [6, 6.07) is 20.5. The molecule has 1 fully saturated rings. The number of aromatic nitrogens is 2. The van der Waals surface area contributed by atoms with Gasteiger partial charge in [0.15, 0.2) is 0 Å². The van der Waals surface area contributed by atoms with Crippen molar-refractivity contribution in [2.75, 3.05) is 23.9 Å². The molecule has 1 aliphatic rings. The lowest BCUT2D eigenvalue weighted by molar-refractivity contribution is -0.119. The second kappa shape index (κ2) is 9.05. The van der Waals surface area contributed by atoms with Crippen molar-refractivity contribution in [1.29, 1.82) is 0 Å². The van der Waals surface area contributed by atoms with Crippen molar-refractivity contribution in [2.24, 2.45) is 0 Å². The van der Waals surface area contributed by atoms with Gasteiger partial charge in [-0.2, -0.15) is 0 Å². The summed E-state index contributed by atoms with van der Waals surface area (Å²) in [4.78, 5) is 23.5. The molecule has 1 aromatic heterocycles. The first-order valence-electron chi connectivity index (χ1n) is 9.83. The van der Waals surface area contributed by atoms with E-state index >= 15 is 0 Å². The molecule has 3 aromatic rings. The number of halogens is 1. The first-order chi connectivity index (χ1) is 14.2. The van der Waals surface area contributed by atoms with Crippen LogP contribution in [-0.4, -0.2) is 40.9 Å². The molecule has 6 heteroatoms. The molecule has 148 valence electrons. The monoisotopic (exact) mass is 406 g/mol. The fraction of sp³-hybridized carbons (Fsp3) is 0.261. The molecule has 0 saturated carbocycles. The highest BCUT2D eigenvalue weighted by atomic mass is 35.5. The number of hydrogen-bond acceptors (Lipinski definition) is 4. The third-order valence-electron chi connectivity index (χ3n) is 5.16. The first-order valence-corrected chi connectivity index (χ1v) is 10.4. The van der Waals surface area contributed by atoms with Crippen molar-refractivity contribution < 1.29 is 4.79 Å². The molecule has 0 aliphatic carbocycles. The van der Waals surface area contributed by atoms with Crippen LogP contribution in [0.25, 0.3) is 22.5 Å². The SMILES string of the molecule is O=C(CCl)NC1CCN(c2cnc(-c3ccccc3)c(-c3ccccc3)n2)CC1. The Morgan fingerprint density at radius 1 is 0.966 bits per heavy atom. The number of benzene rings is 2. The van der Waals surface area contributed by atoms with Gasteiger partial charge in [0.05, 0.1) is 17.6 Å². The number of rotatable bonds is 5. The van der Waals surface area contributed by atoms with Crippen molar-refractivity contribution in [3.63, 3.8) is 0 Å². The molecule has 2 heterocycles. The molecule has 0 radical (unpaired) electrons. The van der Waals surface area contributed by atoms with E-state index in [1.807, 2.05) is 42.6 Å². The zero-order chi connectivity index (χ0) is 20.1. The van der Waals surface area contributed by atoms with Gasteiger partial charge in [0.2, 0.25) is 5.91 Å². The Morgan fingerprint density at radius 2 is 1.55 bits per heavy atom. The van der Waals surface area contributed by atoms with Crippen molar-refractivity contribution in [2.45, 2.75) is 18.9 Å². The number of amides is 1. The summed E-state index contributed by atoms with van der Waals surface area (Å²) in [5.41, 5.74) is 3.86. The molecule has 1 amide bonds. The molecule has 0 unspecified atom stereocenters. The van der Waals surface area contributed by atoms with Gasteiger partial charge in [-0.05, 0) is 12.8 Å². The maximum absolute atomic E-state index is 11.5.